The van der Waals surface area contributed by atoms with Crippen molar-refractivity contribution in [3.8, 4) is 0 Å². The van der Waals surface area contributed by atoms with Crippen LogP contribution in [0.2, 0.25) is 0 Å². The maximum Gasteiger partial charge on any atom is 0.404 e. The molecule has 1 saturated heterocycles. The van der Waals surface area contributed by atoms with E-state index in [1.807, 2.05) is 0 Å². The molecule has 0 saturated carbocycles. The third kappa shape index (κ3) is 2.78. The summed E-state index contributed by atoms with van der Waals surface area (Å²) in [6.45, 7) is 6.55. The van der Waals surface area contributed by atoms with Crippen LogP contribution in [-0.4, -0.2) is 29.5 Å². The summed E-state index contributed by atoms with van der Waals surface area (Å²) < 4.78 is 10.5. The second-order valence-electron chi connectivity index (χ2n) is 3.85. The number of hydrogen-bond donors (Lipinski definition) is 1. The Morgan fingerprint density at radius 2 is 2.43 bits per heavy atom. The molecule has 0 unspecified atom stereocenters. The molecule has 1 fully saturated rings. The van der Waals surface area contributed by atoms with Gasteiger partial charge >= 0.3 is 6.09 Å². The lowest BCUT2D eigenvalue weighted by atomic mass is 10.1. The highest BCUT2D eigenvalue weighted by Gasteiger charge is 2.39. The Bertz CT molecular complexity index is 222. The van der Waals surface area contributed by atoms with Crippen LogP contribution in [0.25, 0.3) is 0 Å². The fourth-order valence-electron chi connectivity index (χ4n) is 1.22. The number of hydrogen-bond acceptors (Lipinski definition) is 4. The lowest BCUT2D eigenvalue weighted by molar-refractivity contribution is -0.0457. The third-order valence-corrected chi connectivity index (χ3v) is 4.10. The summed E-state index contributed by atoms with van der Waals surface area (Å²) in [6, 6.07) is 0. The van der Waals surface area contributed by atoms with Crippen molar-refractivity contribution < 1.29 is 14.3 Å². The zero-order chi connectivity index (χ0) is 10.8. The minimum atomic E-state index is -0.739. The number of thioether (sulfide) groups is 1. The van der Waals surface area contributed by atoms with E-state index in [1.54, 1.807) is 11.8 Å². The highest BCUT2D eigenvalue weighted by Crippen LogP contribution is 2.41. The van der Waals surface area contributed by atoms with Crippen molar-refractivity contribution in [1.29, 1.82) is 0 Å². The molecular weight excluding hydrogens is 202 g/mol. The van der Waals surface area contributed by atoms with Crippen LogP contribution >= 0.6 is 11.8 Å². The Morgan fingerprint density at radius 1 is 1.79 bits per heavy atom. The van der Waals surface area contributed by atoms with E-state index in [-0.39, 0.29) is 17.6 Å². The van der Waals surface area contributed by atoms with Crippen LogP contribution in [0.3, 0.4) is 0 Å². The van der Waals surface area contributed by atoms with Crippen molar-refractivity contribution >= 4 is 17.9 Å². The predicted molar refractivity (Wildman–Crippen MR) is 56.1 cm³/mol. The third-order valence-electron chi connectivity index (χ3n) is 2.42. The maximum atomic E-state index is 10.4. The zero-order valence-corrected chi connectivity index (χ0v) is 9.60. The maximum absolute atomic E-state index is 10.4. The molecular formula is C9H17NO3S. The highest BCUT2D eigenvalue weighted by molar-refractivity contribution is 8.00. The highest BCUT2D eigenvalue weighted by atomic mass is 32.2. The van der Waals surface area contributed by atoms with Crippen LogP contribution in [-0.2, 0) is 9.47 Å². The topological polar surface area (TPSA) is 61.6 Å². The van der Waals surface area contributed by atoms with E-state index < -0.39 is 6.09 Å². The summed E-state index contributed by atoms with van der Waals surface area (Å²) in [5, 5.41) is 0. The molecule has 4 nitrogen and oxygen atoms in total. The first-order valence-corrected chi connectivity index (χ1v) is 5.66. The molecule has 1 aliphatic rings. The summed E-state index contributed by atoms with van der Waals surface area (Å²) in [5.74, 6) is 1.29. The van der Waals surface area contributed by atoms with Gasteiger partial charge in [0.25, 0.3) is 0 Å². The van der Waals surface area contributed by atoms with Crippen LogP contribution in [0, 0.1) is 5.92 Å². The van der Waals surface area contributed by atoms with Crippen molar-refractivity contribution in [2.45, 2.75) is 31.8 Å². The molecule has 0 bridgehead atoms. The van der Waals surface area contributed by atoms with E-state index in [1.165, 1.54) is 0 Å². The molecule has 0 aromatic carbocycles. The van der Waals surface area contributed by atoms with Gasteiger partial charge in [0, 0.05) is 5.75 Å². The summed E-state index contributed by atoms with van der Waals surface area (Å²) in [5.41, 5.74) is 4.87. The standard InChI is InChI=1S/C9H17NO3S/c1-6(2)9(3)13-7(5-14-9)4-12-8(10)11/h6-7H,4-5H2,1-3H3,(H2,10,11)/t7-,9-/m1/s1. The van der Waals surface area contributed by atoms with E-state index in [0.29, 0.717) is 5.92 Å². The average Bonchev–Trinajstić information content (AvgIpc) is 2.45. The number of nitrogens with two attached hydrogens (primary N) is 1. The first kappa shape index (κ1) is 11.7. The van der Waals surface area contributed by atoms with Crippen molar-refractivity contribution in [3.63, 3.8) is 0 Å². The molecule has 0 spiro atoms. The van der Waals surface area contributed by atoms with Gasteiger partial charge in [0.05, 0.1) is 0 Å². The van der Waals surface area contributed by atoms with E-state index >= 15 is 0 Å². The summed E-state index contributed by atoms with van der Waals surface area (Å²) in [4.78, 5) is 10.2. The summed E-state index contributed by atoms with van der Waals surface area (Å²) in [7, 11) is 0. The van der Waals surface area contributed by atoms with Crippen molar-refractivity contribution in [2.75, 3.05) is 12.4 Å². The van der Waals surface area contributed by atoms with Crippen LogP contribution in [0.5, 0.6) is 0 Å². The predicted octanol–water partition coefficient (Wildman–Crippen LogP) is 1.59. The smallest absolute Gasteiger partial charge is 0.404 e. The fraction of sp³-hybridized carbons (Fsp3) is 0.889. The second-order valence-corrected chi connectivity index (χ2v) is 5.28. The molecule has 82 valence electrons. The van der Waals surface area contributed by atoms with E-state index in [0.717, 1.165) is 5.75 Å². The van der Waals surface area contributed by atoms with Gasteiger partial charge in [0.15, 0.2) is 0 Å². The Morgan fingerprint density at radius 3 is 2.86 bits per heavy atom. The quantitative estimate of drug-likeness (QED) is 0.783. The van der Waals surface area contributed by atoms with Crippen molar-refractivity contribution in [3.05, 3.63) is 0 Å². The molecule has 2 N–H and O–H groups in total. The Balaban J connectivity index is 2.37. The van der Waals surface area contributed by atoms with Gasteiger partial charge in [0.1, 0.15) is 17.6 Å². The largest absolute Gasteiger partial charge is 0.447 e. The second kappa shape index (κ2) is 4.40. The first-order chi connectivity index (χ1) is 6.44. The molecule has 1 amide bonds. The van der Waals surface area contributed by atoms with Gasteiger partial charge in [-0.1, -0.05) is 13.8 Å². The van der Waals surface area contributed by atoms with Gasteiger partial charge in [-0.2, -0.15) is 0 Å². The first-order valence-electron chi connectivity index (χ1n) is 4.68. The Kier molecular flexibility index (Phi) is 3.66. The molecule has 14 heavy (non-hydrogen) atoms. The monoisotopic (exact) mass is 219 g/mol. The normalized spacial score (nSPS) is 32.1. The molecule has 0 radical (unpaired) electrons. The SMILES string of the molecule is CC(C)[C@]1(C)O[C@H](COC(N)=O)CS1. The summed E-state index contributed by atoms with van der Waals surface area (Å²) >= 11 is 1.76. The van der Waals surface area contributed by atoms with Gasteiger partial charge in [-0.25, -0.2) is 4.79 Å². The van der Waals surface area contributed by atoms with Crippen LogP contribution in [0.1, 0.15) is 20.8 Å². The van der Waals surface area contributed by atoms with Crippen LogP contribution < -0.4 is 5.73 Å². The number of ether oxygens (including phenoxy) is 2. The fourth-order valence-corrected chi connectivity index (χ4v) is 2.44. The number of primary amides is 1. The number of amides is 1. The molecule has 0 aromatic heterocycles. The van der Waals surface area contributed by atoms with Gasteiger partial charge in [-0.05, 0) is 12.8 Å². The lowest BCUT2D eigenvalue weighted by Crippen LogP contribution is -2.31. The summed E-state index contributed by atoms with van der Waals surface area (Å²) in [6.07, 6.45) is -0.767. The van der Waals surface area contributed by atoms with E-state index in [9.17, 15) is 4.79 Å². The Hall–Kier alpha value is -0.420. The van der Waals surface area contributed by atoms with Crippen LogP contribution in [0.4, 0.5) is 4.79 Å². The van der Waals surface area contributed by atoms with Gasteiger partial charge < -0.3 is 15.2 Å². The van der Waals surface area contributed by atoms with Crippen LogP contribution in [0.15, 0.2) is 0 Å². The van der Waals surface area contributed by atoms with Gasteiger partial charge in [-0.3, -0.25) is 0 Å². The van der Waals surface area contributed by atoms with Crippen molar-refractivity contribution in [1.82, 2.24) is 0 Å². The molecule has 0 aliphatic carbocycles. The van der Waals surface area contributed by atoms with E-state index in [2.05, 4.69) is 20.8 Å². The molecule has 5 heteroatoms. The Labute approximate surface area is 88.5 Å². The number of carbonyl (C=O) groups is 1. The van der Waals surface area contributed by atoms with Gasteiger partial charge in [0.2, 0.25) is 0 Å². The number of rotatable bonds is 3. The number of carbonyl (C=O) groups excluding carboxylic acids is 1. The van der Waals surface area contributed by atoms with Crippen molar-refractivity contribution in [2.24, 2.45) is 11.7 Å². The minimum absolute atomic E-state index is 0.0279. The zero-order valence-electron chi connectivity index (χ0n) is 8.78. The van der Waals surface area contributed by atoms with Gasteiger partial charge in [-0.15, -0.1) is 11.8 Å². The lowest BCUT2D eigenvalue weighted by Gasteiger charge is -2.27. The average molecular weight is 219 g/mol. The molecule has 2 atom stereocenters. The molecule has 1 rings (SSSR count). The molecule has 1 heterocycles. The van der Waals surface area contributed by atoms with E-state index in [4.69, 9.17) is 15.2 Å². The molecule has 1 aliphatic heterocycles. The molecule has 0 aromatic rings. The minimum Gasteiger partial charge on any atom is -0.447 e.